The van der Waals surface area contributed by atoms with Crippen molar-refractivity contribution in [3.63, 3.8) is 0 Å². The Balaban J connectivity index is 2.44. The molecule has 0 radical (unpaired) electrons. The molecular formula is C12H9FS. The lowest BCUT2D eigenvalue weighted by Crippen LogP contribution is -2.00. The number of halogens is 1. The molecule has 0 spiro atoms. The van der Waals surface area contributed by atoms with Gasteiger partial charge in [-0.05, 0) is 23.3 Å². The van der Waals surface area contributed by atoms with Crippen molar-refractivity contribution < 1.29 is 4.39 Å². The number of hydrogen-bond acceptors (Lipinski definition) is 1. The molecule has 0 amide bonds. The SMILES string of the molecule is Fc1cccc(C2=CC=CCC2=S)c1. The normalized spacial score (nSPS) is 15.5. The Kier molecular flexibility index (Phi) is 2.55. The maximum Gasteiger partial charge on any atom is 0.123 e. The fourth-order valence-corrected chi connectivity index (χ4v) is 1.74. The van der Waals surface area contributed by atoms with Crippen LogP contribution in [0.25, 0.3) is 5.57 Å². The first kappa shape index (κ1) is 9.28. The summed E-state index contributed by atoms with van der Waals surface area (Å²) in [4.78, 5) is 0.873. The van der Waals surface area contributed by atoms with Gasteiger partial charge in [0.15, 0.2) is 0 Å². The van der Waals surface area contributed by atoms with Crippen LogP contribution in [0.5, 0.6) is 0 Å². The molecule has 2 rings (SSSR count). The first-order valence-corrected chi connectivity index (χ1v) is 4.84. The lowest BCUT2D eigenvalue weighted by atomic mass is 9.97. The van der Waals surface area contributed by atoms with Crippen molar-refractivity contribution in [1.29, 1.82) is 0 Å². The van der Waals surface area contributed by atoms with E-state index in [1.807, 2.05) is 24.3 Å². The molecular weight excluding hydrogens is 195 g/mol. The van der Waals surface area contributed by atoms with Crippen molar-refractivity contribution in [1.82, 2.24) is 0 Å². The Morgan fingerprint density at radius 2 is 2.14 bits per heavy atom. The fraction of sp³-hybridized carbons (Fsp3) is 0.0833. The van der Waals surface area contributed by atoms with Gasteiger partial charge in [-0.3, -0.25) is 0 Å². The molecule has 14 heavy (non-hydrogen) atoms. The molecule has 0 unspecified atom stereocenters. The molecule has 0 atom stereocenters. The van der Waals surface area contributed by atoms with Crippen molar-refractivity contribution in [2.24, 2.45) is 0 Å². The smallest absolute Gasteiger partial charge is 0.123 e. The van der Waals surface area contributed by atoms with Crippen LogP contribution in [-0.2, 0) is 0 Å². The van der Waals surface area contributed by atoms with Crippen LogP contribution in [0, 0.1) is 5.82 Å². The van der Waals surface area contributed by atoms with Crippen molar-refractivity contribution in [2.75, 3.05) is 0 Å². The molecule has 0 nitrogen and oxygen atoms in total. The summed E-state index contributed by atoms with van der Waals surface area (Å²) >= 11 is 5.21. The van der Waals surface area contributed by atoms with Crippen LogP contribution in [0.15, 0.2) is 42.5 Å². The largest absolute Gasteiger partial charge is 0.207 e. The fourth-order valence-electron chi connectivity index (χ4n) is 1.46. The maximum absolute atomic E-state index is 13.0. The molecule has 1 aromatic rings. The number of allylic oxidation sites excluding steroid dienone is 4. The van der Waals surface area contributed by atoms with Crippen LogP contribution >= 0.6 is 12.2 Å². The van der Waals surface area contributed by atoms with Gasteiger partial charge in [0.25, 0.3) is 0 Å². The highest BCUT2D eigenvalue weighted by Gasteiger charge is 2.08. The third-order valence-corrected chi connectivity index (χ3v) is 2.52. The summed E-state index contributed by atoms with van der Waals surface area (Å²) in [6.07, 6.45) is 6.67. The summed E-state index contributed by atoms with van der Waals surface area (Å²) in [5, 5.41) is 0. The van der Waals surface area contributed by atoms with Crippen LogP contribution in [0.4, 0.5) is 4.39 Å². The van der Waals surface area contributed by atoms with E-state index in [1.165, 1.54) is 12.1 Å². The minimum atomic E-state index is -0.222. The minimum Gasteiger partial charge on any atom is -0.207 e. The minimum absolute atomic E-state index is 0.222. The third-order valence-electron chi connectivity index (χ3n) is 2.14. The molecule has 70 valence electrons. The molecule has 0 saturated heterocycles. The number of rotatable bonds is 1. The Morgan fingerprint density at radius 3 is 2.86 bits per heavy atom. The quantitative estimate of drug-likeness (QED) is 0.630. The maximum atomic E-state index is 13.0. The lowest BCUT2D eigenvalue weighted by molar-refractivity contribution is 0.627. The zero-order valence-corrected chi connectivity index (χ0v) is 8.35. The molecule has 0 aliphatic heterocycles. The van der Waals surface area contributed by atoms with E-state index in [1.54, 1.807) is 6.07 Å². The van der Waals surface area contributed by atoms with Crippen LogP contribution in [0.2, 0.25) is 0 Å². The van der Waals surface area contributed by atoms with Crippen LogP contribution in [0.3, 0.4) is 0 Å². The molecule has 0 heterocycles. The summed E-state index contributed by atoms with van der Waals surface area (Å²) in [5.41, 5.74) is 1.82. The highest BCUT2D eigenvalue weighted by molar-refractivity contribution is 7.81. The van der Waals surface area contributed by atoms with Crippen molar-refractivity contribution in [3.8, 4) is 0 Å². The van der Waals surface area contributed by atoms with Gasteiger partial charge in [0.05, 0.1) is 0 Å². The van der Waals surface area contributed by atoms with E-state index in [4.69, 9.17) is 12.2 Å². The van der Waals surface area contributed by atoms with Gasteiger partial charge in [-0.25, -0.2) is 4.39 Å². The molecule has 0 aromatic heterocycles. The molecule has 1 aliphatic carbocycles. The monoisotopic (exact) mass is 204 g/mol. The highest BCUT2D eigenvalue weighted by Crippen LogP contribution is 2.22. The Hall–Kier alpha value is -1.28. The van der Waals surface area contributed by atoms with Crippen molar-refractivity contribution in [2.45, 2.75) is 6.42 Å². The van der Waals surface area contributed by atoms with E-state index in [2.05, 4.69) is 0 Å². The van der Waals surface area contributed by atoms with Gasteiger partial charge in [0, 0.05) is 11.3 Å². The van der Waals surface area contributed by atoms with E-state index in [0.29, 0.717) is 0 Å². The van der Waals surface area contributed by atoms with Gasteiger partial charge in [-0.1, -0.05) is 42.6 Å². The van der Waals surface area contributed by atoms with Gasteiger partial charge in [-0.15, -0.1) is 0 Å². The Morgan fingerprint density at radius 1 is 1.29 bits per heavy atom. The summed E-state index contributed by atoms with van der Waals surface area (Å²) in [6, 6.07) is 6.52. The van der Waals surface area contributed by atoms with Crippen LogP contribution in [0.1, 0.15) is 12.0 Å². The van der Waals surface area contributed by atoms with E-state index in [9.17, 15) is 4.39 Å². The second-order valence-corrected chi connectivity index (χ2v) is 3.64. The van der Waals surface area contributed by atoms with Gasteiger partial charge >= 0.3 is 0 Å². The van der Waals surface area contributed by atoms with Gasteiger partial charge in [-0.2, -0.15) is 0 Å². The average molecular weight is 204 g/mol. The lowest BCUT2D eigenvalue weighted by Gasteiger charge is -2.10. The first-order chi connectivity index (χ1) is 6.77. The predicted octanol–water partition coefficient (Wildman–Crippen LogP) is 3.54. The highest BCUT2D eigenvalue weighted by atomic mass is 32.1. The third kappa shape index (κ3) is 1.80. The van der Waals surface area contributed by atoms with Crippen molar-refractivity contribution in [3.05, 3.63) is 53.9 Å². The topological polar surface area (TPSA) is 0 Å². The van der Waals surface area contributed by atoms with Gasteiger partial charge < -0.3 is 0 Å². The Labute approximate surface area is 87.8 Å². The summed E-state index contributed by atoms with van der Waals surface area (Å²) in [6.45, 7) is 0. The standard InChI is InChI=1S/C12H9FS/c13-10-5-3-4-9(8-10)11-6-1-2-7-12(11)14/h1-6,8H,7H2. The van der Waals surface area contributed by atoms with Gasteiger partial charge in [0.1, 0.15) is 5.82 Å². The molecule has 0 bridgehead atoms. The molecule has 0 fully saturated rings. The second kappa shape index (κ2) is 3.84. The number of thiocarbonyl (C=S) groups is 1. The summed E-state index contributed by atoms with van der Waals surface area (Å²) in [7, 11) is 0. The Bertz CT molecular complexity index is 430. The molecule has 0 saturated carbocycles. The van der Waals surface area contributed by atoms with E-state index >= 15 is 0 Å². The van der Waals surface area contributed by atoms with Crippen LogP contribution < -0.4 is 0 Å². The zero-order valence-electron chi connectivity index (χ0n) is 7.53. The number of benzene rings is 1. The first-order valence-electron chi connectivity index (χ1n) is 4.43. The predicted molar refractivity (Wildman–Crippen MR) is 60.7 cm³/mol. The molecule has 1 aromatic carbocycles. The summed E-state index contributed by atoms with van der Waals surface area (Å²) < 4.78 is 13.0. The molecule has 2 heteroatoms. The van der Waals surface area contributed by atoms with Crippen LogP contribution in [-0.4, -0.2) is 4.86 Å². The second-order valence-electron chi connectivity index (χ2n) is 3.15. The average Bonchev–Trinajstić information content (AvgIpc) is 2.18. The molecule has 0 N–H and O–H groups in total. The number of hydrogen-bond donors (Lipinski definition) is 0. The van der Waals surface area contributed by atoms with E-state index in [0.717, 1.165) is 22.4 Å². The van der Waals surface area contributed by atoms with E-state index < -0.39 is 0 Å². The summed E-state index contributed by atoms with van der Waals surface area (Å²) in [5.74, 6) is -0.222. The van der Waals surface area contributed by atoms with Gasteiger partial charge in [0.2, 0.25) is 0 Å². The molecule has 1 aliphatic rings. The van der Waals surface area contributed by atoms with Crippen molar-refractivity contribution >= 4 is 22.7 Å². The zero-order chi connectivity index (χ0) is 9.97. The van der Waals surface area contributed by atoms with E-state index in [-0.39, 0.29) is 5.82 Å².